The predicted molar refractivity (Wildman–Crippen MR) is 61.0 cm³/mol. The third-order valence-electron chi connectivity index (χ3n) is 2.48. The fourth-order valence-corrected chi connectivity index (χ4v) is 1.65. The van der Waals surface area contributed by atoms with Gasteiger partial charge in [0.2, 0.25) is 0 Å². The first-order chi connectivity index (χ1) is 8.24. The van der Waals surface area contributed by atoms with Crippen LogP contribution in [0.4, 0.5) is 4.79 Å². The van der Waals surface area contributed by atoms with Crippen molar-refractivity contribution in [3.63, 3.8) is 0 Å². The highest BCUT2D eigenvalue weighted by molar-refractivity contribution is 5.76. The van der Waals surface area contributed by atoms with Crippen molar-refractivity contribution in [2.45, 2.75) is 5.91 Å². The van der Waals surface area contributed by atoms with Crippen LogP contribution in [0.1, 0.15) is 5.56 Å². The average molecular weight is 235 g/mol. The number of hydrogen-bond donors (Lipinski definition) is 1. The highest BCUT2D eigenvalue weighted by Crippen LogP contribution is 2.33. The summed E-state index contributed by atoms with van der Waals surface area (Å²) in [5, 5.41) is 7.45. The summed E-state index contributed by atoms with van der Waals surface area (Å²) < 4.78 is 10.7. The minimum atomic E-state index is -1.33. The Morgan fingerprint density at radius 2 is 2.18 bits per heavy atom. The number of amides is 2. The Labute approximate surface area is 98.8 Å². The SMILES string of the molecule is CNC(=O)N1N=COC1(OC)c1ccccc1. The van der Waals surface area contributed by atoms with E-state index in [0.29, 0.717) is 5.56 Å². The van der Waals surface area contributed by atoms with Gasteiger partial charge in [-0.25, -0.2) is 4.79 Å². The summed E-state index contributed by atoms with van der Waals surface area (Å²) in [6, 6.07) is 8.72. The van der Waals surface area contributed by atoms with Crippen LogP contribution in [0.25, 0.3) is 0 Å². The summed E-state index contributed by atoms with van der Waals surface area (Å²) >= 11 is 0. The summed E-state index contributed by atoms with van der Waals surface area (Å²) in [5.41, 5.74) is 0.684. The molecule has 1 atom stereocenters. The largest absolute Gasteiger partial charge is 0.426 e. The molecule has 1 aromatic carbocycles. The van der Waals surface area contributed by atoms with E-state index in [1.165, 1.54) is 20.6 Å². The first kappa shape index (κ1) is 11.4. The molecule has 0 fully saturated rings. The van der Waals surface area contributed by atoms with Crippen molar-refractivity contribution in [2.75, 3.05) is 14.2 Å². The Morgan fingerprint density at radius 1 is 1.47 bits per heavy atom. The van der Waals surface area contributed by atoms with Crippen LogP contribution >= 0.6 is 0 Å². The van der Waals surface area contributed by atoms with Gasteiger partial charge in [-0.05, 0) is 0 Å². The maximum Gasteiger partial charge on any atom is 0.347 e. The molecule has 0 bridgehead atoms. The summed E-state index contributed by atoms with van der Waals surface area (Å²) in [4.78, 5) is 11.7. The molecule has 1 aromatic rings. The summed E-state index contributed by atoms with van der Waals surface area (Å²) in [5.74, 6) is -1.33. The fraction of sp³-hybridized carbons (Fsp3) is 0.273. The second-order valence-corrected chi connectivity index (χ2v) is 3.36. The lowest BCUT2D eigenvalue weighted by atomic mass is 10.1. The zero-order valence-electron chi connectivity index (χ0n) is 9.58. The number of rotatable bonds is 2. The zero-order chi connectivity index (χ0) is 12.3. The molecule has 0 saturated heterocycles. The molecule has 1 aliphatic rings. The highest BCUT2D eigenvalue weighted by atomic mass is 16.7. The summed E-state index contributed by atoms with van der Waals surface area (Å²) in [6.45, 7) is 0. The van der Waals surface area contributed by atoms with E-state index in [-0.39, 0.29) is 0 Å². The second kappa shape index (κ2) is 4.42. The number of hydrazone groups is 1. The van der Waals surface area contributed by atoms with E-state index in [4.69, 9.17) is 9.47 Å². The average Bonchev–Trinajstić information content (AvgIpc) is 2.84. The van der Waals surface area contributed by atoms with Crippen molar-refractivity contribution in [3.8, 4) is 0 Å². The monoisotopic (exact) mass is 235 g/mol. The normalized spacial score (nSPS) is 22.4. The van der Waals surface area contributed by atoms with Crippen molar-refractivity contribution in [1.29, 1.82) is 0 Å². The van der Waals surface area contributed by atoms with Crippen LogP contribution in [0.3, 0.4) is 0 Å². The van der Waals surface area contributed by atoms with Crippen LogP contribution in [0.15, 0.2) is 35.4 Å². The van der Waals surface area contributed by atoms with Crippen molar-refractivity contribution in [2.24, 2.45) is 5.10 Å². The summed E-state index contributed by atoms with van der Waals surface area (Å²) in [6.07, 6.45) is 1.19. The molecule has 6 nitrogen and oxygen atoms in total. The molecule has 0 aliphatic carbocycles. The zero-order valence-corrected chi connectivity index (χ0v) is 9.58. The minimum Gasteiger partial charge on any atom is -0.426 e. The maximum absolute atomic E-state index is 11.7. The molecular formula is C11H13N3O3. The standard InChI is InChI=1S/C11H13N3O3/c1-12-10(15)14-11(16-2,17-8-13-14)9-6-4-3-5-7-9/h3-8H,1-2H3,(H,12,15). The molecule has 2 rings (SSSR count). The molecule has 1 heterocycles. The number of carbonyl (C=O) groups excluding carboxylic acids is 1. The van der Waals surface area contributed by atoms with Crippen LogP contribution < -0.4 is 5.32 Å². The first-order valence-electron chi connectivity index (χ1n) is 5.07. The second-order valence-electron chi connectivity index (χ2n) is 3.36. The minimum absolute atomic E-state index is 0.413. The van der Waals surface area contributed by atoms with E-state index in [1.54, 1.807) is 12.1 Å². The van der Waals surface area contributed by atoms with E-state index < -0.39 is 11.9 Å². The summed E-state index contributed by atoms with van der Waals surface area (Å²) in [7, 11) is 2.97. The van der Waals surface area contributed by atoms with Gasteiger partial charge in [0.25, 0.3) is 0 Å². The number of benzene rings is 1. The molecule has 0 aromatic heterocycles. The van der Waals surface area contributed by atoms with E-state index in [9.17, 15) is 4.79 Å². The van der Waals surface area contributed by atoms with Crippen molar-refractivity contribution in [1.82, 2.24) is 10.3 Å². The molecular weight excluding hydrogens is 222 g/mol. The van der Waals surface area contributed by atoms with Gasteiger partial charge in [-0.1, -0.05) is 30.3 Å². The predicted octanol–water partition coefficient (Wildman–Crippen LogP) is 1.06. The number of hydrogen-bond acceptors (Lipinski definition) is 4. The van der Waals surface area contributed by atoms with E-state index in [2.05, 4.69) is 10.4 Å². The van der Waals surface area contributed by atoms with E-state index in [0.717, 1.165) is 5.01 Å². The molecule has 17 heavy (non-hydrogen) atoms. The van der Waals surface area contributed by atoms with Gasteiger partial charge in [0.05, 0.1) is 0 Å². The molecule has 6 heteroatoms. The molecule has 1 unspecified atom stereocenters. The molecule has 0 saturated carbocycles. The maximum atomic E-state index is 11.7. The number of nitrogens with one attached hydrogen (secondary N) is 1. The third kappa shape index (κ3) is 1.72. The lowest BCUT2D eigenvalue weighted by molar-refractivity contribution is -0.242. The quantitative estimate of drug-likeness (QED) is 0.833. The highest BCUT2D eigenvalue weighted by Gasteiger charge is 2.47. The van der Waals surface area contributed by atoms with Gasteiger partial charge in [0, 0.05) is 19.7 Å². The van der Waals surface area contributed by atoms with Gasteiger partial charge in [0.15, 0.2) is 6.40 Å². The Kier molecular flexibility index (Phi) is 2.97. The van der Waals surface area contributed by atoms with E-state index in [1.807, 2.05) is 18.2 Å². The lowest BCUT2D eigenvalue weighted by Gasteiger charge is -2.32. The van der Waals surface area contributed by atoms with Gasteiger partial charge in [-0.3, -0.25) is 0 Å². The van der Waals surface area contributed by atoms with Crippen molar-refractivity contribution >= 4 is 12.4 Å². The number of methoxy groups -OCH3 is 1. The van der Waals surface area contributed by atoms with Crippen LogP contribution in [0, 0.1) is 0 Å². The van der Waals surface area contributed by atoms with Crippen LogP contribution in [0.5, 0.6) is 0 Å². The first-order valence-corrected chi connectivity index (χ1v) is 5.07. The van der Waals surface area contributed by atoms with Crippen LogP contribution in [-0.2, 0) is 15.4 Å². The molecule has 1 aliphatic heterocycles. The Hall–Kier alpha value is -2.08. The third-order valence-corrected chi connectivity index (χ3v) is 2.48. The molecule has 1 N–H and O–H groups in total. The topological polar surface area (TPSA) is 63.2 Å². The van der Waals surface area contributed by atoms with E-state index >= 15 is 0 Å². The molecule has 0 spiro atoms. The Bertz CT molecular complexity index is 435. The molecule has 90 valence electrons. The Morgan fingerprint density at radius 3 is 2.76 bits per heavy atom. The van der Waals surface area contributed by atoms with Gasteiger partial charge in [-0.2, -0.15) is 0 Å². The van der Waals surface area contributed by atoms with Crippen molar-refractivity contribution < 1.29 is 14.3 Å². The van der Waals surface area contributed by atoms with Gasteiger partial charge in [-0.15, -0.1) is 10.1 Å². The lowest BCUT2D eigenvalue weighted by Crippen LogP contribution is -2.49. The van der Waals surface area contributed by atoms with Gasteiger partial charge < -0.3 is 14.8 Å². The number of carbonyl (C=O) groups is 1. The number of urea groups is 1. The van der Waals surface area contributed by atoms with Gasteiger partial charge in [0.1, 0.15) is 0 Å². The number of nitrogens with zero attached hydrogens (tertiary/aromatic N) is 2. The van der Waals surface area contributed by atoms with Crippen LogP contribution in [0.2, 0.25) is 0 Å². The molecule has 2 amide bonds. The van der Waals surface area contributed by atoms with Crippen LogP contribution in [-0.4, -0.2) is 31.6 Å². The fourth-order valence-electron chi connectivity index (χ4n) is 1.65. The number of ether oxygens (including phenoxy) is 2. The van der Waals surface area contributed by atoms with Gasteiger partial charge >= 0.3 is 11.9 Å². The Balaban J connectivity index is 2.41. The molecule has 0 radical (unpaired) electrons. The smallest absolute Gasteiger partial charge is 0.347 e. The van der Waals surface area contributed by atoms with Crippen molar-refractivity contribution in [3.05, 3.63) is 35.9 Å².